The minimum atomic E-state index is 0.609. The molecule has 0 unspecified atom stereocenters. The summed E-state index contributed by atoms with van der Waals surface area (Å²) in [4.78, 5) is 4.27. The molecule has 1 N–H and O–H groups in total. The van der Waals surface area contributed by atoms with Gasteiger partial charge in [0, 0.05) is 21.6 Å². The van der Waals surface area contributed by atoms with E-state index in [0.29, 0.717) is 17.5 Å². The van der Waals surface area contributed by atoms with Crippen molar-refractivity contribution in [3.8, 4) is 11.3 Å². The van der Waals surface area contributed by atoms with Crippen LogP contribution in [0.4, 0.5) is 0 Å². The van der Waals surface area contributed by atoms with E-state index in [1.165, 1.54) is 6.39 Å². The van der Waals surface area contributed by atoms with Gasteiger partial charge in [0.05, 0.1) is 0 Å². The average molecular weight is 344 g/mol. The molecule has 1 aromatic heterocycles. The Hall–Kier alpha value is -0.840. The maximum absolute atomic E-state index is 5.95. The van der Waals surface area contributed by atoms with Gasteiger partial charge in [0.25, 0.3) is 0 Å². The molecule has 0 saturated heterocycles. The number of hydrogen-bond donors (Lipinski definition) is 1. The molecule has 0 fully saturated rings. The number of nitrogens with one attached hydrogen (secondary N) is 1. The Labute approximate surface area is 126 Å². The summed E-state index contributed by atoms with van der Waals surface area (Å²) < 4.78 is 6.41. The molecule has 0 aliphatic rings. The first-order valence-corrected chi connectivity index (χ1v) is 7.33. The second-order valence-electron chi connectivity index (χ2n) is 4.78. The Morgan fingerprint density at radius 2 is 2.21 bits per heavy atom. The molecule has 1 aromatic carbocycles. The second-order valence-corrected chi connectivity index (χ2v) is 6.07. The molecule has 0 atom stereocenters. The molecule has 0 aliphatic heterocycles. The summed E-state index contributed by atoms with van der Waals surface area (Å²) in [5.41, 5.74) is 1.87. The summed E-state index contributed by atoms with van der Waals surface area (Å²) in [6, 6.07) is 5.62. The largest absolute Gasteiger partial charge is 0.443 e. The Kier molecular flexibility index (Phi) is 5.02. The van der Waals surface area contributed by atoms with Gasteiger partial charge in [0.2, 0.25) is 0 Å². The van der Waals surface area contributed by atoms with E-state index in [-0.39, 0.29) is 0 Å². The highest BCUT2D eigenvalue weighted by molar-refractivity contribution is 9.10. The van der Waals surface area contributed by atoms with Gasteiger partial charge in [-0.1, -0.05) is 25.4 Å². The van der Waals surface area contributed by atoms with E-state index in [4.69, 9.17) is 16.0 Å². The highest BCUT2D eigenvalue weighted by Crippen LogP contribution is 2.32. The van der Waals surface area contributed by atoms with Crippen molar-refractivity contribution in [1.82, 2.24) is 10.3 Å². The van der Waals surface area contributed by atoms with Crippen molar-refractivity contribution >= 4 is 27.5 Å². The molecule has 2 rings (SSSR count). The molecule has 0 radical (unpaired) electrons. The summed E-state index contributed by atoms with van der Waals surface area (Å²) in [6.07, 6.45) is 1.47. The fourth-order valence-electron chi connectivity index (χ4n) is 1.77. The van der Waals surface area contributed by atoms with Crippen LogP contribution in [0, 0.1) is 5.92 Å². The van der Waals surface area contributed by atoms with E-state index in [2.05, 4.69) is 40.1 Å². The van der Waals surface area contributed by atoms with E-state index in [1.54, 1.807) is 0 Å². The second kappa shape index (κ2) is 6.55. The lowest BCUT2D eigenvalue weighted by atomic mass is 10.1. The van der Waals surface area contributed by atoms with Gasteiger partial charge in [-0.3, -0.25) is 0 Å². The van der Waals surface area contributed by atoms with Crippen LogP contribution in [0.2, 0.25) is 5.02 Å². The smallest absolute Gasteiger partial charge is 0.181 e. The Bertz CT molecular complexity index is 554. The minimum absolute atomic E-state index is 0.609. The first-order valence-electron chi connectivity index (χ1n) is 6.16. The molecule has 3 nitrogen and oxygen atoms in total. The molecule has 0 aliphatic carbocycles. The molecular weight excluding hydrogens is 328 g/mol. The van der Waals surface area contributed by atoms with Crippen molar-refractivity contribution in [2.24, 2.45) is 5.92 Å². The van der Waals surface area contributed by atoms with Crippen LogP contribution in [0.25, 0.3) is 11.3 Å². The molecule has 5 heteroatoms. The predicted molar refractivity (Wildman–Crippen MR) is 81.2 cm³/mol. The van der Waals surface area contributed by atoms with Crippen molar-refractivity contribution in [3.05, 3.63) is 39.8 Å². The van der Waals surface area contributed by atoms with Crippen LogP contribution in [-0.2, 0) is 6.54 Å². The number of hydrogen-bond acceptors (Lipinski definition) is 3. The van der Waals surface area contributed by atoms with Crippen molar-refractivity contribution in [2.45, 2.75) is 20.4 Å². The number of rotatable bonds is 5. The van der Waals surface area contributed by atoms with Gasteiger partial charge in [-0.25, -0.2) is 4.98 Å². The first-order chi connectivity index (χ1) is 9.08. The zero-order chi connectivity index (χ0) is 13.8. The summed E-state index contributed by atoms with van der Waals surface area (Å²) >= 11 is 9.45. The molecule has 0 spiro atoms. The van der Waals surface area contributed by atoms with E-state index in [9.17, 15) is 0 Å². The number of benzene rings is 1. The fraction of sp³-hybridized carbons (Fsp3) is 0.357. The average Bonchev–Trinajstić information content (AvgIpc) is 2.77. The normalized spacial score (nSPS) is 11.2. The monoisotopic (exact) mass is 342 g/mol. The molecule has 0 amide bonds. The lowest BCUT2D eigenvalue weighted by Crippen LogP contribution is -2.19. The zero-order valence-electron chi connectivity index (χ0n) is 10.9. The van der Waals surface area contributed by atoms with Gasteiger partial charge in [-0.05, 0) is 46.6 Å². The molecule has 2 aromatic rings. The topological polar surface area (TPSA) is 38.1 Å². The maximum atomic E-state index is 5.95. The van der Waals surface area contributed by atoms with Crippen LogP contribution in [-0.4, -0.2) is 11.5 Å². The predicted octanol–water partition coefficient (Wildman–Crippen LogP) is 4.50. The SMILES string of the molecule is CC(C)CNCc1ncoc1-c1ccc(Cl)cc1Br. The van der Waals surface area contributed by atoms with Crippen LogP contribution in [0.15, 0.2) is 33.5 Å². The number of aromatic nitrogens is 1. The Morgan fingerprint density at radius 3 is 2.89 bits per heavy atom. The molecule has 102 valence electrons. The van der Waals surface area contributed by atoms with Gasteiger partial charge in [0.1, 0.15) is 5.69 Å². The van der Waals surface area contributed by atoms with E-state index < -0.39 is 0 Å². The van der Waals surface area contributed by atoms with Crippen molar-refractivity contribution < 1.29 is 4.42 Å². The van der Waals surface area contributed by atoms with Gasteiger partial charge in [-0.2, -0.15) is 0 Å². The van der Waals surface area contributed by atoms with E-state index in [0.717, 1.165) is 28.0 Å². The van der Waals surface area contributed by atoms with E-state index in [1.807, 2.05) is 18.2 Å². The van der Waals surface area contributed by atoms with Crippen LogP contribution >= 0.6 is 27.5 Å². The summed E-state index contributed by atoms with van der Waals surface area (Å²) in [5.74, 6) is 1.39. The standard InChI is InChI=1S/C14H16BrClN2O/c1-9(2)6-17-7-13-14(19-8-18-13)11-4-3-10(16)5-12(11)15/h3-5,8-9,17H,6-7H2,1-2H3. The zero-order valence-corrected chi connectivity index (χ0v) is 13.3. The molecular formula is C14H16BrClN2O. The number of halogens is 2. The maximum Gasteiger partial charge on any atom is 0.181 e. The van der Waals surface area contributed by atoms with Crippen molar-refractivity contribution in [1.29, 1.82) is 0 Å². The Morgan fingerprint density at radius 1 is 1.42 bits per heavy atom. The third-order valence-corrected chi connectivity index (χ3v) is 3.55. The van der Waals surface area contributed by atoms with Crippen molar-refractivity contribution in [3.63, 3.8) is 0 Å². The Balaban J connectivity index is 2.19. The van der Waals surface area contributed by atoms with Gasteiger partial charge >= 0.3 is 0 Å². The van der Waals surface area contributed by atoms with Crippen LogP contribution in [0.5, 0.6) is 0 Å². The molecule has 19 heavy (non-hydrogen) atoms. The number of oxazole rings is 1. The molecule has 0 saturated carbocycles. The third-order valence-electron chi connectivity index (χ3n) is 2.66. The lowest BCUT2D eigenvalue weighted by molar-refractivity contribution is 0.545. The van der Waals surface area contributed by atoms with Gasteiger partial charge in [-0.15, -0.1) is 0 Å². The minimum Gasteiger partial charge on any atom is -0.443 e. The fourth-order valence-corrected chi connectivity index (χ4v) is 2.63. The van der Waals surface area contributed by atoms with Crippen LogP contribution < -0.4 is 5.32 Å². The van der Waals surface area contributed by atoms with Crippen LogP contribution in [0.3, 0.4) is 0 Å². The molecule has 0 bridgehead atoms. The quantitative estimate of drug-likeness (QED) is 0.868. The summed E-state index contributed by atoms with van der Waals surface area (Å²) in [6.45, 7) is 5.99. The molecule has 1 heterocycles. The van der Waals surface area contributed by atoms with Gasteiger partial charge in [0.15, 0.2) is 12.2 Å². The highest BCUT2D eigenvalue weighted by Gasteiger charge is 2.13. The number of nitrogens with zero attached hydrogens (tertiary/aromatic N) is 1. The summed E-state index contributed by atoms with van der Waals surface area (Å²) in [7, 11) is 0. The summed E-state index contributed by atoms with van der Waals surface area (Å²) in [5, 5.41) is 4.05. The van der Waals surface area contributed by atoms with Crippen molar-refractivity contribution in [2.75, 3.05) is 6.54 Å². The third kappa shape index (κ3) is 3.81. The van der Waals surface area contributed by atoms with Gasteiger partial charge < -0.3 is 9.73 Å². The first kappa shape index (κ1) is 14.6. The van der Waals surface area contributed by atoms with E-state index >= 15 is 0 Å². The highest BCUT2D eigenvalue weighted by atomic mass is 79.9. The van der Waals surface area contributed by atoms with Crippen LogP contribution in [0.1, 0.15) is 19.5 Å². The lowest BCUT2D eigenvalue weighted by Gasteiger charge is -2.07.